The van der Waals surface area contributed by atoms with Gasteiger partial charge in [0, 0.05) is 79.9 Å². The maximum atomic E-state index is 13.5. The van der Waals surface area contributed by atoms with Crippen molar-refractivity contribution in [2.45, 2.75) is 136 Å². The van der Waals surface area contributed by atoms with E-state index in [4.69, 9.17) is 37.6 Å². The van der Waals surface area contributed by atoms with Gasteiger partial charge in [-0.3, -0.25) is 24.0 Å². The first kappa shape index (κ1) is 74.5. The normalized spacial score (nSPS) is 11.4. The van der Waals surface area contributed by atoms with Crippen LogP contribution in [0, 0.1) is 6.92 Å². The van der Waals surface area contributed by atoms with Crippen LogP contribution < -0.4 is 40.3 Å². The smallest absolute Gasteiger partial charge is 0.239 e. The monoisotopic (exact) mass is 1320 g/mol. The molecule has 0 spiro atoms. The Morgan fingerprint density at radius 2 is 1.05 bits per heavy atom. The number of phenolic OH excluding ortho intramolecular Hbond substituents is 8. The largest absolute Gasteiger partial charge is 0.508 e. The first-order valence-corrected chi connectivity index (χ1v) is 32.5. The lowest BCUT2D eigenvalue weighted by Crippen LogP contribution is -2.28. The van der Waals surface area contributed by atoms with E-state index in [1.807, 2.05) is 12.1 Å². The lowest BCUT2D eigenvalue weighted by molar-refractivity contribution is -0.122. The highest BCUT2D eigenvalue weighted by Gasteiger charge is 2.23. The summed E-state index contributed by atoms with van der Waals surface area (Å²) in [6, 6.07) is 17.4. The van der Waals surface area contributed by atoms with E-state index in [9.17, 15) is 64.8 Å². The molecular formula is C71H91N3O21. The van der Waals surface area contributed by atoms with E-state index in [0.717, 1.165) is 55.2 Å². The van der Waals surface area contributed by atoms with Crippen molar-refractivity contribution in [3.63, 3.8) is 0 Å². The number of hydrogen-bond acceptors (Lipinski definition) is 21. The van der Waals surface area contributed by atoms with Crippen LogP contribution in [0.15, 0.2) is 93.8 Å². The van der Waals surface area contributed by atoms with E-state index in [-0.39, 0.29) is 170 Å². The Labute approximate surface area is 552 Å². The standard InChI is InChI=1S/C71H91N3O21/c1-3-4-5-6-7-8-9-10-11-12-13-14-15-18-64(84)72-28-27-48-21-26-59(90-31-16-19-65(85)73-29-33-88-35-37-92-63(46-75)69(49-22-24-53(78)56(81)40-49)94-60-44-51(76)42-55(80)47(60)2)61(39-48)91-32-17-20-66(86)74-30-34-89-36-38-93-71-68(87)67-58(83)43-52(77)45-62(67)95-70(71)50-23-25-54(79)57(82)41-50/h21-26,39-46,76-83H,3-20,27-38H2,1-2H3,(H,72,84)(H,73,85)(H,74,86)/b69-63+. The quantitative estimate of drug-likeness (QED) is 0.00556. The van der Waals surface area contributed by atoms with Crippen LogP contribution in [0.4, 0.5) is 0 Å². The Morgan fingerprint density at radius 3 is 1.67 bits per heavy atom. The first-order chi connectivity index (χ1) is 46.0. The van der Waals surface area contributed by atoms with Gasteiger partial charge in [0.25, 0.3) is 0 Å². The molecule has 0 aliphatic rings. The molecule has 0 aliphatic carbocycles. The van der Waals surface area contributed by atoms with Gasteiger partial charge in [-0.1, -0.05) is 90.0 Å². The topological polar surface area (TPSA) is 361 Å². The maximum absolute atomic E-state index is 13.5. The average Bonchev–Trinajstić information content (AvgIpc) is 0.792. The zero-order valence-electron chi connectivity index (χ0n) is 54.2. The highest BCUT2D eigenvalue weighted by molar-refractivity contribution is 5.89. The predicted molar refractivity (Wildman–Crippen MR) is 355 cm³/mol. The van der Waals surface area contributed by atoms with Gasteiger partial charge in [-0.25, -0.2) is 0 Å². The van der Waals surface area contributed by atoms with Crippen molar-refractivity contribution in [2.75, 3.05) is 72.5 Å². The third kappa shape index (κ3) is 25.4. The fourth-order valence-electron chi connectivity index (χ4n) is 10.0. The molecule has 0 saturated heterocycles. The van der Waals surface area contributed by atoms with E-state index < -0.39 is 34.2 Å². The van der Waals surface area contributed by atoms with Crippen LogP contribution in [0.2, 0.25) is 0 Å². The predicted octanol–water partition coefficient (Wildman–Crippen LogP) is 10.9. The minimum atomic E-state index is -0.757. The molecule has 0 unspecified atom stereocenters. The zero-order valence-corrected chi connectivity index (χ0v) is 54.2. The Balaban J connectivity index is 0.920. The second kappa shape index (κ2) is 40.5. The molecule has 24 nitrogen and oxygen atoms in total. The van der Waals surface area contributed by atoms with E-state index in [0.29, 0.717) is 50.0 Å². The molecule has 1 heterocycles. The molecule has 0 bridgehead atoms. The van der Waals surface area contributed by atoms with Crippen molar-refractivity contribution < 1.29 is 97.6 Å². The summed E-state index contributed by atoms with van der Waals surface area (Å²) in [5.41, 5.74) is 0.524. The Bertz CT molecular complexity index is 3530. The first-order valence-electron chi connectivity index (χ1n) is 32.5. The van der Waals surface area contributed by atoms with Crippen molar-refractivity contribution >= 4 is 40.7 Å². The number of carbonyl (C=O) groups excluding carboxylic acids is 4. The van der Waals surface area contributed by atoms with Gasteiger partial charge < -0.3 is 94.4 Å². The number of aldehydes is 1. The van der Waals surface area contributed by atoms with Gasteiger partial charge in [-0.05, 0) is 86.7 Å². The molecule has 0 saturated carbocycles. The summed E-state index contributed by atoms with van der Waals surface area (Å²) in [5.74, 6) is -3.90. The molecule has 0 radical (unpaired) electrons. The highest BCUT2D eigenvalue weighted by atomic mass is 16.5. The Hall–Kier alpha value is -9.55. The summed E-state index contributed by atoms with van der Waals surface area (Å²) in [5, 5.41) is 89.2. The van der Waals surface area contributed by atoms with Gasteiger partial charge in [0.05, 0.1) is 39.6 Å². The number of hydrogen-bond donors (Lipinski definition) is 11. The molecule has 24 heteroatoms. The third-order valence-electron chi connectivity index (χ3n) is 15.2. The van der Waals surface area contributed by atoms with E-state index in [1.165, 1.54) is 101 Å². The average molecular weight is 1320 g/mol. The van der Waals surface area contributed by atoms with Crippen LogP contribution in [0.25, 0.3) is 28.1 Å². The van der Waals surface area contributed by atoms with E-state index in [1.54, 1.807) is 6.07 Å². The third-order valence-corrected chi connectivity index (χ3v) is 15.2. The summed E-state index contributed by atoms with van der Waals surface area (Å²) < 4.78 is 46.8. The molecule has 6 rings (SSSR count). The molecule has 5 aromatic carbocycles. The van der Waals surface area contributed by atoms with Crippen LogP contribution in [-0.4, -0.2) is 137 Å². The number of rotatable bonds is 46. The van der Waals surface area contributed by atoms with E-state index in [2.05, 4.69) is 22.9 Å². The highest BCUT2D eigenvalue weighted by Crippen LogP contribution is 2.40. The van der Waals surface area contributed by atoms with Crippen molar-refractivity contribution in [3.8, 4) is 80.3 Å². The minimum Gasteiger partial charge on any atom is -0.508 e. The van der Waals surface area contributed by atoms with Gasteiger partial charge in [0.2, 0.25) is 34.7 Å². The number of unbranched alkanes of at least 4 members (excludes halogenated alkanes) is 12. The summed E-state index contributed by atoms with van der Waals surface area (Å²) in [6.45, 7) is 4.69. The van der Waals surface area contributed by atoms with Crippen LogP contribution >= 0.6 is 0 Å². The molecule has 516 valence electrons. The number of nitrogens with one attached hydrogen (secondary N) is 3. The molecular weight excluding hydrogens is 1230 g/mol. The number of carbonyl (C=O) groups is 4. The molecule has 95 heavy (non-hydrogen) atoms. The number of fused-ring (bicyclic) bond motifs is 1. The summed E-state index contributed by atoms with van der Waals surface area (Å²) in [7, 11) is 0. The van der Waals surface area contributed by atoms with Crippen LogP contribution in [-0.2, 0) is 39.8 Å². The van der Waals surface area contributed by atoms with Crippen LogP contribution in [0.3, 0.4) is 0 Å². The van der Waals surface area contributed by atoms with Gasteiger partial charge in [-0.15, -0.1) is 0 Å². The summed E-state index contributed by atoms with van der Waals surface area (Å²) in [6.07, 6.45) is 18.3. The van der Waals surface area contributed by atoms with Crippen molar-refractivity contribution in [1.29, 1.82) is 0 Å². The molecule has 0 aliphatic heterocycles. The molecule has 0 atom stereocenters. The lowest BCUT2D eigenvalue weighted by Gasteiger charge is -2.17. The number of phenols is 8. The summed E-state index contributed by atoms with van der Waals surface area (Å²) >= 11 is 0. The van der Waals surface area contributed by atoms with Crippen molar-refractivity contribution in [2.24, 2.45) is 0 Å². The molecule has 3 amide bonds. The molecule has 1 aromatic heterocycles. The zero-order chi connectivity index (χ0) is 68.3. The van der Waals surface area contributed by atoms with Gasteiger partial charge in [0.15, 0.2) is 52.3 Å². The molecule has 11 N–H and O–H groups in total. The lowest BCUT2D eigenvalue weighted by atomic mass is 10.0. The number of benzene rings is 5. The molecule has 0 fully saturated rings. The molecule has 6 aromatic rings. The van der Waals surface area contributed by atoms with Crippen molar-refractivity contribution in [3.05, 3.63) is 112 Å². The van der Waals surface area contributed by atoms with Gasteiger partial charge in [-0.2, -0.15) is 0 Å². The minimum absolute atomic E-state index is 0.00927. The van der Waals surface area contributed by atoms with E-state index >= 15 is 0 Å². The Kier molecular flexibility index (Phi) is 31.8. The number of allylic oxidation sites excluding steroid dienone is 1. The van der Waals surface area contributed by atoms with Crippen LogP contribution in [0.5, 0.6) is 69.0 Å². The second-order valence-electron chi connectivity index (χ2n) is 22.7. The van der Waals surface area contributed by atoms with Crippen LogP contribution in [0.1, 0.15) is 139 Å². The fraction of sp³-hybridized carbons (Fsp3) is 0.451. The fourth-order valence-corrected chi connectivity index (χ4v) is 10.0. The second-order valence-corrected chi connectivity index (χ2v) is 22.7. The van der Waals surface area contributed by atoms with Gasteiger partial charge >= 0.3 is 0 Å². The maximum Gasteiger partial charge on any atom is 0.239 e. The van der Waals surface area contributed by atoms with Gasteiger partial charge in [0.1, 0.15) is 52.9 Å². The number of amides is 3. The Morgan fingerprint density at radius 1 is 0.495 bits per heavy atom. The SMILES string of the molecule is CCCCCCCCCCCCCCCC(=O)NCCc1ccc(OCCCC(=O)NCCOCCO/C(C=O)=C(/Oc2cc(O)cc(O)c2C)c2ccc(O)c(O)c2)c(OCCCC(=O)NCCOCCOc2c(-c3ccc(O)c(O)c3)oc3cc(O)cc(O)c3c2=O)c1. The summed E-state index contributed by atoms with van der Waals surface area (Å²) in [4.78, 5) is 64.2. The van der Waals surface area contributed by atoms with Crippen molar-refractivity contribution in [1.82, 2.24) is 16.0 Å². The number of aromatic hydroxyl groups is 8. The number of ether oxygens (including phenoxy) is 7.